The minimum atomic E-state index is -0.887. The molecule has 0 bridgehead atoms. The molecule has 1 aromatic rings. The van der Waals surface area contributed by atoms with Crippen molar-refractivity contribution in [1.82, 2.24) is 16.0 Å². The van der Waals surface area contributed by atoms with Gasteiger partial charge in [-0.3, -0.25) is 4.79 Å². The number of carbonyl (C=O) groups is 2. The van der Waals surface area contributed by atoms with Crippen LogP contribution in [0.3, 0.4) is 0 Å². The lowest BCUT2D eigenvalue weighted by Crippen LogP contribution is -2.45. The van der Waals surface area contributed by atoms with Crippen LogP contribution < -0.4 is 16.0 Å². The molecule has 0 spiro atoms. The molecule has 2 heterocycles. The first-order chi connectivity index (χ1) is 12.5. The van der Waals surface area contributed by atoms with E-state index >= 15 is 0 Å². The zero-order valence-electron chi connectivity index (χ0n) is 14.0. The lowest BCUT2D eigenvalue weighted by atomic mass is 9.90. The lowest BCUT2D eigenvalue weighted by Gasteiger charge is -2.28. The topological polar surface area (TPSA) is 79.5 Å². The number of rotatable bonds is 5. The van der Waals surface area contributed by atoms with Crippen LogP contribution in [0.15, 0.2) is 12.1 Å². The van der Waals surface area contributed by atoms with Gasteiger partial charge in [-0.05, 0) is 31.2 Å². The van der Waals surface area contributed by atoms with Gasteiger partial charge in [-0.2, -0.15) is 0 Å². The number of ether oxygens (including phenoxy) is 1. The van der Waals surface area contributed by atoms with Crippen molar-refractivity contribution in [3.8, 4) is 0 Å². The van der Waals surface area contributed by atoms with Crippen LogP contribution in [0.5, 0.6) is 0 Å². The van der Waals surface area contributed by atoms with Crippen LogP contribution in [0.2, 0.25) is 5.02 Å². The third-order valence-corrected chi connectivity index (χ3v) is 5.02. The Labute approximate surface area is 154 Å². The third kappa shape index (κ3) is 4.24. The summed E-state index contributed by atoms with van der Waals surface area (Å²) in [4.78, 5) is 23.7. The number of hydrogen-bond donors (Lipinski definition) is 3. The summed E-state index contributed by atoms with van der Waals surface area (Å²) in [5.41, 5.74) is 0.118. The number of hydrogen-bond acceptors (Lipinski definition) is 3. The van der Waals surface area contributed by atoms with Crippen LogP contribution in [0.25, 0.3) is 0 Å². The van der Waals surface area contributed by atoms with Gasteiger partial charge in [-0.15, -0.1) is 0 Å². The van der Waals surface area contributed by atoms with Gasteiger partial charge in [-0.1, -0.05) is 17.7 Å². The van der Waals surface area contributed by atoms with Gasteiger partial charge in [0.15, 0.2) is 0 Å². The predicted molar refractivity (Wildman–Crippen MR) is 90.7 cm³/mol. The monoisotopic (exact) mass is 387 g/mol. The molecule has 6 nitrogen and oxygen atoms in total. The zero-order valence-corrected chi connectivity index (χ0v) is 14.7. The van der Waals surface area contributed by atoms with Gasteiger partial charge in [0.05, 0.1) is 6.04 Å². The third-order valence-electron chi connectivity index (χ3n) is 4.67. The molecule has 3 N–H and O–H groups in total. The molecular formula is C17H20ClF2N3O3. The van der Waals surface area contributed by atoms with E-state index in [0.717, 1.165) is 18.9 Å². The largest absolute Gasteiger partial charge is 0.381 e. The SMILES string of the molecule is O=C1NC[C@@H](C(=O)NC(CC2CCCOC2)c2ccc(F)c(Cl)c2F)N1. The van der Waals surface area contributed by atoms with Gasteiger partial charge in [0, 0.05) is 25.3 Å². The highest BCUT2D eigenvalue weighted by atomic mass is 35.5. The molecule has 2 aliphatic heterocycles. The molecule has 2 fully saturated rings. The second-order valence-electron chi connectivity index (χ2n) is 6.55. The zero-order chi connectivity index (χ0) is 18.7. The number of nitrogens with one attached hydrogen (secondary N) is 3. The van der Waals surface area contributed by atoms with Gasteiger partial charge in [0.25, 0.3) is 0 Å². The van der Waals surface area contributed by atoms with Gasteiger partial charge < -0.3 is 20.7 Å². The summed E-state index contributed by atoms with van der Waals surface area (Å²) < 4.78 is 33.5. The van der Waals surface area contributed by atoms with E-state index in [9.17, 15) is 18.4 Å². The smallest absolute Gasteiger partial charge is 0.315 e. The number of carbonyl (C=O) groups excluding carboxylic acids is 2. The molecule has 0 aromatic heterocycles. The first kappa shape index (κ1) is 18.8. The molecule has 26 heavy (non-hydrogen) atoms. The van der Waals surface area contributed by atoms with E-state index in [0.29, 0.717) is 19.6 Å². The second-order valence-corrected chi connectivity index (χ2v) is 6.93. The van der Waals surface area contributed by atoms with Crippen molar-refractivity contribution in [2.24, 2.45) is 5.92 Å². The Morgan fingerprint density at radius 3 is 2.88 bits per heavy atom. The second kappa shape index (κ2) is 8.18. The molecule has 0 saturated carbocycles. The lowest BCUT2D eigenvalue weighted by molar-refractivity contribution is -0.123. The number of amides is 3. The molecule has 1 aromatic carbocycles. The Balaban J connectivity index is 1.80. The van der Waals surface area contributed by atoms with Crippen molar-refractivity contribution in [1.29, 1.82) is 0 Å². The molecule has 3 amide bonds. The molecule has 3 atom stereocenters. The van der Waals surface area contributed by atoms with Crippen LogP contribution >= 0.6 is 11.6 Å². The quantitative estimate of drug-likeness (QED) is 0.678. The standard InChI is InChI=1S/C17H20ClF2N3O3/c18-14-11(19)4-3-10(15(14)20)12(6-9-2-1-5-26-8-9)22-16(24)13-7-21-17(25)23-13/h3-4,9,12-13H,1-2,5-8H2,(H,22,24)(H2,21,23,25)/t9?,12?,13-/m0/s1. The van der Waals surface area contributed by atoms with Crippen molar-refractivity contribution >= 4 is 23.5 Å². The predicted octanol–water partition coefficient (Wildman–Crippen LogP) is 2.27. The summed E-state index contributed by atoms with van der Waals surface area (Å²) in [7, 11) is 0. The maximum Gasteiger partial charge on any atom is 0.315 e. The molecule has 2 saturated heterocycles. The molecule has 3 rings (SSSR count). The fourth-order valence-electron chi connectivity index (χ4n) is 3.29. The van der Waals surface area contributed by atoms with E-state index < -0.39 is 40.7 Å². The van der Waals surface area contributed by atoms with E-state index in [-0.39, 0.29) is 18.0 Å². The fourth-order valence-corrected chi connectivity index (χ4v) is 3.46. The molecule has 0 aliphatic carbocycles. The van der Waals surface area contributed by atoms with Gasteiger partial charge in [-0.25, -0.2) is 13.6 Å². The van der Waals surface area contributed by atoms with Gasteiger partial charge in [0.2, 0.25) is 5.91 Å². The molecule has 142 valence electrons. The van der Waals surface area contributed by atoms with Crippen molar-refractivity contribution in [2.75, 3.05) is 19.8 Å². The van der Waals surface area contributed by atoms with E-state index in [1.165, 1.54) is 6.07 Å². The Kier molecular flexibility index (Phi) is 5.93. The fraction of sp³-hybridized carbons (Fsp3) is 0.529. The van der Waals surface area contributed by atoms with Crippen molar-refractivity contribution in [2.45, 2.75) is 31.3 Å². The summed E-state index contributed by atoms with van der Waals surface area (Å²) in [5.74, 6) is -2.05. The van der Waals surface area contributed by atoms with Crippen LogP contribution in [0.4, 0.5) is 13.6 Å². The minimum Gasteiger partial charge on any atom is -0.381 e. The summed E-state index contributed by atoms with van der Waals surface area (Å²) in [6.45, 7) is 1.35. The first-order valence-corrected chi connectivity index (χ1v) is 8.89. The normalized spacial score (nSPS) is 23.9. The Hall–Kier alpha value is -1.93. The Morgan fingerprint density at radius 2 is 2.23 bits per heavy atom. The number of benzene rings is 1. The van der Waals surface area contributed by atoms with E-state index in [1.807, 2.05) is 0 Å². The number of urea groups is 1. The Morgan fingerprint density at radius 1 is 1.42 bits per heavy atom. The first-order valence-electron chi connectivity index (χ1n) is 8.51. The van der Waals surface area contributed by atoms with Crippen molar-refractivity contribution in [3.63, 3.8) is 0 Å². The van der Waals surface area contributed by atoms with Crippen molar-refractivity contribution in [3.05, 3.63) is 34.4 Å². The summed E-state index contributed by atoms with van der Waals surface area (Å²) in [6, 6.07) is 0.488. The van der Waals surface area contributed by atoms with E-state index in [2.05, 4.69) is 16.0 Å². The maximum atomic E-state index is 14.5. The van der Waals surface area contributed by atoms with Crippen LogP contribution in [-0.2, 0) is 9.53 Å². The summed E-state index contributed by atoms with van der Waals surface area (Å²) in [6.07, 6.45) is 2.21. The maximum absolute atomic E-state index is 14.5. The van der Waals surface area contributed by atoms with Crippen LogP contribution in [0.1, 0.15) is 30.9 Å². The molecular weight excluding hydrogens is 368 g/mol. The average molecular weight is 388 g/mol. The molecule has 0 radical (unpaired) electrons. The summed E-state index contributed by atoms with van der Waals surface area (Å²) in [5, 5.41) is 7.14. The molecule has 9 heteroatoms. The van der Waals surface area contributed by atoms with Gasteiger partial charge in [0.1, 0.15) is 22.7 Å². The highest BCUT2D eigenvalue weighted by molar-refractivity contribution is 6.31. The van der Waals surface area contributed by atoms with E-state index in [4.69, 9.17) is 16.3 Å². The number of halogens is 3. The van der Waals surface area contributed by atoms with Crippen LogP contribution in [-0.4, -0.2) is 37.7 Å². The summed E-state index contributed by atoms with van der Waals surface area (Å²) >= 11 is 5.70. The van der Waals surface area contributed by atoms with Crippen LogP contribution in [0, 0.1) is 17.6 Å². The van der Waals surface area contributed by atoms with E-state index in [1.54, 1.807) is 0 Å². The molecule has 2 aliphatic rings. The average Bonchev–Trinajstić information content (AvgIpc) is 3.07. The Bertz CT molecular complexity index is 698. The molecule has 2 unspecified atom stereocenters. The minimum absolute atomic E-state index is 0.118. The van der Waals surface area contributed by atoms with Gasteiger partial charge >= 0.3 is 6.03 Å². The highest BCUT2D eigenvalue weighted by Gasteiger charge is 2.31. The highest BCUT2D eigenvalue weighted by Crippen LogP contribution is 2.31. The van der Waals surface area contributed by atoms with Crippen molar-refractivity contribution < 1.29 is 23.1 Å².